The summed E-state index contributed by atoms with van der Waals surface area (Å²) in [5, 5.41) is 0. The van der Waals surface area contributed by atoms with Crippen LogP contribution in [-0.4, -0.2) is 6.29 Å². The Balaban J connectivity index is 2.40. The van der Waals surface area contributed by atoms with Gasteiger partial charge in [0.1, 0.15) is 6.29 Å². The van der Waals surface area contributed by atoms with Crippen molar-refractivity contribution in [3.63, 3.8) is 0 Å². The molecule has 2 unspecified atom stereocenters. The molecule has 2 rings (SSSR count). The highest BCUT2D eigenvalue weighted by Crippen LogP contribution is 2.58. The first-order valence-corrected chi connectivity index (χ1v) is 6.12. The Hall–Kier alpha value is -0.630. The third kappa shape index (κ3) is 1.65. The first kappa shape index (κ1) is 10.9. The summed E-state index contributed by atoms with van der Waals surface area (Å²) >= 11 is 3.49. The van der Waals surface area contributed by atoms with Gasteiger partial charge in [-0.05, 0) is 30.0 Å². The van der Waals surface area contributed by atoms with Crippen LogP contribution in [0.3, 0.4) is 0 Å². The van der Waals surface area contributed by atoms with Gasteiger partial charge in [-0.1, -0.05) is 41.9 Å². The first-order chi connectivity index (χ1) is 7.11. The van der Waals surface area contributed by atoms with E-state index in [4.69, 9.17) is 0 Å². The summed E-state index contributed by atoms with van der Waals surface area (Å²) in [7, 11) is 0. The van der Waals surface area contributed by atoms with Crippen LogP contribution in [-0.2, 0) is 10.2 Å². The van der Waals surface area contributed by atoms with Gasteiger partial charge in [-0.3, -0.25) is 0 Å². The van der Waals surface area contributed by atoms with E-state index in [2.05, 4.69) is 41.9 Å². The van der Waals surface area contributed by atoms with Crippen molar-refractivity contribution in [2.45, 2.75) is 25.7 Å². The van der Waals surface area contributed by atoms with E-state index in [0.29, 0.717) is 5.92 Å². The maximum Gasteiger partial charge on any atom is 0.124 e. The van der Waals surface area contributed by atoms with Gasteiger partial charge < -0.3 is 4.79 Å². The predicted molar refractivity (Wildman–Crippen MR) is 64.8 cm³/mol. The van der Waals surface area contributed by atoms with Crippen molar-refractivity contribution in [2.75, 3.05) is 0 Å². The van der Waals surface area contributed by atoms with Crippen LogP contribution in [0.1, 0.15) is 25.8 Å². The molecule has 0 aliphatic heterocycles. The Morgan fingerprint density at radius 3 is 2.73 bits per heavy atom. The lowest BCUT2D eigenvalue weighted by Gasteiger charge is -2.21. The van der Waals surface area contributed by atoms with Gasteiger partial charge in [-0.2, -0.15) is 0 Å². The van der Waals surface area contributed by atoms with E-state index in [1.54, 1.807) is 0 Å². The summed E-state index contributed by atoms with van der Waals surface area (Å²) in [6, 6.07) is 8.34. The normalized spacial score (nSPS) is 29.2. The number of benzene rings is 1. The molecule has 0 bridgehead atoms. The summed E-state index contributed by atoms with van der Waals surface area (Å²) in [6.07, 6.45) is 2.12. The number of hydrogen-bond donors (Lipinski definition) is 0. The average molecular weight is 267 g/mol. The van der Waals surface area contributed by atoms with Gasteiger partial charge in [0, 0.05) is 15.8 Å². The van der Waals surface area contributed by atoms with E-state index < -0.39 is 0 Å². The minimum atomic E-state index is 0.103. The quantitative estimate of drug-likeness (QED) is 0.765. The van der Waals surface area contributed by atoms with Crippen LogP contribution in [0.5, 0.6) is 0 Å². The summed E-state index contributed by atoms with van der Waals surface area (Å²) < 4.78 is 1.09. The number of carbonyl (C=O) groups excluding carboxylic acids is 1. The first-order valence-electron chi connectivity index (χ1n) is 5.32. The molecule has 0 aromatic heterocycles. The van der Waals surface area contributed by atoms with Crippen molar-refractivity contribution in [1.29, 1.82) is 0 Å². The van der Waals surface area contributed by atoms with Gasteiger partial charge in [0.15, 0.2) is 0 Å². The molecular formula is C13H15BrO. The van der Waals surface area contributed by atoms with Crippen molar-refractivity contribution < 1.29 is 4.79 Å². The summed E-state index contributed by atoms with van der Waals surface area (Å²) in [5.41, 5.74) is 1.40. The lowest BCUT2D eigenvalue weighted by Crippen LogP contribution is -2.18. The van der Waals surface area contributed by atoms with Crippen LogP contribution in [0.25, 0.3) is 0 Å². The van der Waals surface area contributed by atoms with Gasteiger partial charge in [0.2, 0.25) is 0 Å². The topological polar surface area (TPSA) is 17.1 Å². The molecule has 0 N–H and O–H groups in total. The molecule has 0 spiro atoms. The highest BCUT2D eigenvalue weighted by Gasteiger charge is 2.57. The molecular weight excluding hydrogens is 252 g/mol. The van der Waals surface area contributed by atoms with E-state index in [9.17, 15) is 4.79 Å². The number of hydrogen-bond acceptors (Lipinski definition) is 1. The summed E-state index contributed by atoms with van der Waals surface area (Å²) in [5.74, 6) is 0.730. The highest BCUT2D eigenvalue weighted by atomic mass is 79.9. The van der Waals surface area contributed by atoms with Crippen LogP contribution < -0.4 is 0 Å². The van der Waals surface area contributed by atoms with Crippen LogP contribution in [0, 0.1) is 11.8 Å². The predicted octanol–water partition coefficient (Wildman–Crippen LogP) is 3.56. The molecule has 2 heteroatoms. The zero-order valence-electron chi connectivity index (χ0n) is 9.03. The van der Waals surface area contributed by atoms with Gasteiger partial charge in [-0.15, -0.1) is 0 Å². The van der Waals surface area contributed by atoms with E-state index in [-0.39, 0.29) is 11.3 Å². The second-order valence-electron chi connectivity index (χ2n) is 4.65. The maximum atomic E-state index is 10.9. The van der Waals surface area contributed by atoms with E-state index in [1.165, 1.54) is 5.56 Å². The second kappa shape index (κ2) is 3.75. The van der Waals surface area contributed by atoms with E-state index in [1.807, 2.05) is 12.1 Å². The van der Waals surface area contributed by atoms with Gasteiger partial charge in [-0.25, -0.2) is 0 Å². The van der Waals surface area contributed by atoms with Crippen molar-refractivity contribution in [3.05, 3.63) is 34.3 Å². The number of carbonyl (C=O) groups is 1. The van der Waals surface area contributed by atoms with Crippen LogP contribution in [0.2, 0.25) is 0 Å². The maximum absolute atomic E-state index is 10.9. The molecule has 0 amide bonds. The van der Waals surface area contributed by atoms with Crippen LogP contribution in [0.15, 0.2) is 28.7 Å². The molecule has 1 saturated carbocycles. The Morgan fingerprint density at radius 1 is 1.53 bits per heavy atom. The number of rotatable bonds is 3. The van der Waals surface area contributed by atoms with Crippen molar-refractivity contribution in [1.82, 2.24) is 0 Å². The molecule has 2 atom stereocenters. The van der Waals surface area contributed by atoms with Crippen LogP contribution >= 0.6 is 15.9 Å². The third-order valence-corrected chi connectivity index (χ3v) is 4.11. The fourth-order valence-electron chi connectivity index (χ4n) is 2.58. The zero-order valence-corrected chi connectivity index (χ0v) is 10.6. The smallest absolute Gasteiger partial charge is 0.124 e. The number of halogens is 1. The molecule has 1 aromatic rings. The summed E-state index contributed by atoms with van der Waals surface area (Å²) in [4.78, 5) is 10.9. The fourth-order valence-corrected chi connectivity index (χ4v) is 2.98. The highest BCUT2D eigenvalue weighted by molar-refractivity contribution is 9.10. The van der Waals surface area contributed by atoms with Gasteiger partial charge in [0.25, 0.3) is 0 Å². The third-order valence-electron chi connectivity index (χ3n) is 3.62. The minimum Gasteiger partial charge on any atom is -0.303 e. The van der Waals surface area contributed by atoms with Crippen molar-refractivity contribution in [3.8, 4) is 0 Å². The number of aldehydes is 1. The largest absolute Gasteiger partial charge is 0.303 e. The van der Waals surface area contributed by atoms with Crippen molar-refractivity contribution >= 4 is 22.2 Å². The monoisotopic (exact) mass is 266 g/mol. The molecule has 1 fully saturated rings. The lowest BCUT2D eigenvalue weighted by molar-refractivity contribution is -0.109. The van der Waals surface area contributed by atoms with Gasteiger partial charge in [0.05, 0.1) is 0 Å². The molecule has 0 radical (unpaired) electrons. The van der Waals surface area contributed by atoms with E-state index in [0.717, 1.165) is 17.2 Å². The van der Waals surface area contributed by atoms with E-state index >= 15 is 0 Å². The summed E-state index contributed by atoms with van der Waals surface area (Å²) in [6.45, 7) is 4.40. The molecule has 1 aliphatic rings. The van der Waals surface area contributed by atoms with Crippen LogP contribution in [0.4, 0.5) is 0 Å². The Morgan fingerprint density at radius 2 is 2.27 bits per heavy atom. The Labute approximate surface area is 99.0 Å². The SMILES string of the molecule is CC(C)C1(c2cccc(Br)c2)CC1C=O. The molecule has 0 heterocycles. The average Bonchev–Trinajstić information content (AvgIpc) is 2.93. The van der Waals surface area contributed by atoms with Gasteiger partial charge >= 0.3 is 0 Å². The lowest BCUT2D eigenvalue weighted by atomic mass is 9.83. The molecule has 80 valence electrons. The second-order valence-corrected chi connectivity index (χ2v) is 5.57. The van der Waals surface area contributed by atoms with Crippen molar-refractivity contribution in [2.24, 2.45) is 11.8 Å². The standard InChI is InChI=1S/C13H15BrO/c1-9(2)13(7-11(13)8-15)10-4-3-5-12(14)6-10/h3-6,8-9,11H,7H2,1-2H3. The minimum absolute atomic E-state index is 0.103. The Kier molecular flexibility index (Phi) is 2.72. The molecule has 1 aliphatic carbocycles. The molecule has 15 heavy (non-hydrogen) atoms. The molecule has 1 aromatic carbocycles. The zero-order chi connectivity index (χ0) is 11.1. The fraction of sp³-hybridized carbons (Fsp3) is 0.462. The molecule has 0 saturated heterocycles. The Bertz CT molecular complexity index is 386. The molecule has 1 nitrogen and oxygen atoms in total.